The fourth-order valence-corrected chi connectivity index (χ4v) is 2.36. The van der Waals surface area contributed by atoms with Gasteiger partial charge in [-0.15, -0.1) is 0 Å². The summed E-state index contributed by atoms with van der Waals surface area (Å²) < 4.78 is 5.72. The number of rotatable bonds is 5. The molecule has 0 unspecified atom stereocenters. The molecule has 4 heteroatoms. The average molecular weight is 312 g/mol. The molecule has 2 rings (SSSR count). The molecule has 0 saturated heterocycles. The molecule has 0 aliphatic heterocycles. The molecule has 23 heavy (non-hydrogen) atoms. The smallest absolute Gasteiger partial charge is 0.319 e. The molecule has 0 aliphatic rings. The van der Waals surface area contributed by atoms with Crippen LogP contribution in [0.4, 0.5) is 10.5 Å². The Labute approximate surface area is 137 Å². The lowest BCUT2D eigenvalue weighted by Gasteiger charge is -2.13. The first-order chi connectivity index (χ1) is 11.0. The first-order valence-electron chi connectivity index (χ1n) is 7.78. The second-order valence-corrected chi connectivity index (χ2v) is 5.77. The summed E-state index contributed by atoms with van der Waals surface area (Å²) in [6, 6.07) is 11.8. The Kier molecular flexibility index (Phi) is 5.63. The van der Waals surface area contributed by atoms with Crippen LogP contribution in [0.15, 0.2) is 36.4 Å². The molecular weight excluding hydrogens is 288 g/mol. The number of urea groups is 1. The number of carbonyl (C=O) groups excluding carboxylic acids is 1. The van der Waals surface area contributed by atoms with Crippen LogP contribution >= 0.6 is 0 Å². The molecule has 2 amide bonds. The highest BCUT2D eigenvalue weighted by Gasteiger charge is 2.06. The number of amides is 2. The van der Waals surface area contributed by atoms with Gasteiger partial charge in [0.1, 0.15) is 12.4 Å². The van der Waals surface area contributed by atoms with Crippen LogP contribution in [0.1, 0.15) is 22.3 Å². The van der Waals surface area contributed by atoms with Gasteiger partial charge in [-0.2, -0.15) is 0 Å². The number of aryl methyl sites for hydroxylation is 4. The number of nitrogens with one attached hydrogen (secondary N) is 2. The van der Waals surface area contributed by atoms with E-state index in [1.54, 1.807) is 0 Å². The highest BCUT2D eigenvalue weighted by molar-refractivity contribution is 5.90. The molecule has 4 nitrogen and oxygen atoms in total. The van der Waals surface area contributed by atoms with E-state index >= 15 is 0 Å². The highest BCUT2D eigenvalue weighted by Crippen LogP contribution is 2.19. The molecule has 0 aromatic heterocycles. The third-order valence-electron chi connectivity index (χ3n) is 3.71. The zero-order valence-electron chi connectivity index (χ0n) is 14.2. The SMILES string of the molecule is Cc1ccc(C)c(OCCNC(=O)Nc2c(C)cccc2C)c1. The van der Waals surface area contributed by atoms with Crippen LogP contribution in [0.2, 0.25) is 0 Å². The van der Waals surface area contributed by atoms with Crippen LogP contribution in [-0.4, -0.2) is 19.2 Å². The van der Waals surface area contributed by atoms with Gasteiger partial charge in [0.15, 0.2) is 0 Å². The standard InChI is InChI=1S/C19H24N2O2/c1-13-8-9-14(2)17(12-13)23-11-10-20-19(22)21-18-15(3)6-5-7-16(18)4/h5-9,12H,10-11H2,1-4H3,(H2,20,21,22). The molecule has 0 atom stereocenters. The maximum atomic E-state index is 12.0. The van der Waals surface area contributed by atoms with Gasteiger partial charge >= 0.3 is 6.03 Å². The second kappa shape index (κ2) is 7.68. The third-order valence-corrected chi connectivity index (χ3v) is 3.71. The van der Waals surface area contributed by atoms with Crippen LogP contribution in [0.3, 0.4) is 0 Å². The van der Waals surface area contributed by atoms with E-state index in [0.717, 1.165) is 33.7 Å². The normalized spacial score (nSPS) is 10.3. The van der Waals surface area contributed by atoms with Crippen molar-refractivity contribution in [3.05, 3.63) is 58.7 Å². The van der Waals surface area contributed by atoms with Crippen molar-refractivity contribution in [1.82, 2.24) is 5.32 Å². The van der Waals surface area contributed by atoms with E-state index in [1.807, 2.05) is 58.0 Å². The lowest BCUT2D eigenvalue weighted by Crippen LogP contribution is -2.32. The van der Waals surface area contributed by atoms with Crippen molar-refractivity contribution in [3.8, 4) is 5.75 Å². The zero-order valence-corrected chi connectivity index (χ0v) is 14.2. The van der Waals surface area contributed by atoms with Crippen LogP contribution in [-0.2, 0) is 0 Å². The number of hydrogen-bond acceptors (Lipinski definition) is 2. The van der Waals surface area contributed by atoms with Crippen molar-refractivity contribution in [2.75, 3.05) is 18.5 Å². The molecule has 0 fully saturated rings. The van der Waals surface area contributed by atoms with E-state index in [0.29, 0.717) is 13.2 Å². The fourth-order valence-electron chi connectivity index (χ4n) is 2.36. The van der Waals surface area contributed by atoms with Gasteiger partial charge in [0, 0.05) is 5.69 Å². The molecule has 0 spiro atoms. The Hall–Kier alpha value is -2.49. The van der Waals surface area contributed by atoms with Crippen molar-refractivity contribution in [2.24, 2.45) is 0 Å². The molecule has 0 heterocycles. The largest absolute Gasteiger partial charge is 0.491 e. The zero-order chi connectivity index (χ0) is 16.8. The Balaban J connectivity index is 1.80. The highest BCUT2D eigenvalue weighted by atomic mass is 16.5. The van der Waals surface area contributed by atoms with E-state index in [2.05, 4.69) is 16.7 Å². The van der Waals surface area contributed by atoms with Gasteiger partial charge in [-0.3, -0.25) is 0 Å². The van der Waals surface area contributed by atoms with E-state index in [4.69, 9.17) is 4.74 Å². The number of anilines is 1. The first-order valence-corrected chi connectivity index (χ1v) is 7.78. The van der Waals surface area contributed by atoms with E-state index < -0.39 is 0 Å². The second-order valence-electron chi connectivity index (χ2n) is 5.77. The summed E-state index contributed by atoms with van der Waals surface area (Å²) >= 11 is 0. The monoisotopic (exact) mass is 312 g/mol. The molecule has 2 aromatic carbocycles. The molecule has 2 aromatic rings. The van der Waals surface area contributed by atoms with Gasteiger partial charge in [0.25, 0.3) is 0 Å². The van der Waals surface area contributed by atoms with E-state index in [-0.39, 0.29) is 6.03 Å². The minimum atomic E-state index is -0.216. The third kappa shape index (κ3) is 4.74. The minimum Gasteiger partial charge on any atom is -0.491 e. The number of ether oxygens (including phenoxy) is 1. The summed E-state index contributed by atoms with van der Waals surface area (Å²) in [7, 11) is 0. The van der Waals surface area contributed by atoms with Crippen molar-refractivity contribution in [1.29, 1.82) is 0 Å². The predicted octanol–water partition coefficient (Wildman–Crippen LogP) is 4.12. The molecule has 0 saturated carbocycles. The van der Waals surface area contributed by atoms with Gasteiger partial charge in [-0.05, 0) is 56.0 Å². The Morgan fingerprint density at radius 3 is 2.39 bits per heavy atom. The first kappa shape index (κ1) is 16.9. The van der Waals surface area contributed by atoms with Crippen LogP contribution < -0.4 is 15.4 Å². The van der Waals surface area contributed by atoms with E-state index in [9.17, 15) is 4.79 Å². The number of benzene rings is 2. The summed E-state index contributed by atoms with van der Waals surface area (Å²) in [6.45, 7) is 8.88. The van der Waals surface area contributed by atoms with Gasteiger partial charge in [0.2, 0.25) is 0 Å². The number of hydrogen-bond donors (Lipinski definition) is 2. The van der Waals surface area contributed by atoms with Gasteiger partial charge < -0.3 is 15.4 Å². The molecule has 0 radical (unpaired) electrons. The van der Waals surface area contributed by atoms with Crippen LogP contribution in [0.25, 0.3) is 0 Å². The molecule has 0 bridgehead atoms. The summed E-state index contributed by atoms with van der Waals surface area (Å²) in [5.41, 5.74) is 5.21. The van der Waals surface area contributed by atoms with E-state index in [1.165, 1.54) is 0 Å². The summed E-state index contributed by atoms with van der Waals surface area (Å²) in [5.74, 6) is 0.863. The average Bonchev–Trinajstić information content (AvgIpc) is 2.51. The molecule has 0 aliphatic carbocycles. The summed E-state index contributed by atoms with van der Waals surface area (Å²) in [4.78, 5) is 12.0. The minimum absolute atomic E-state index is 0.216. The molecule has 2 N–H and O–H groups in total. The Morgan fingerprint density at radius 2 is 1.70 bits per heavy atom. The Morgan fingerprint density at radius 1 is 1.00 bits per heavy atom. The van der Waals surface area contributed by atoms with Crippen molar-refractivity contribution >= 4 is 11.7 Å². The number of para-hydroxylation sites is 1. The van der Waals surface area contributed by atoms with Crippen molar-refractivity contribution in [2.45, 2.75) is 27.7 Å². The quantitative estimate of drug-likeness (QED) is 0.816. The molecule has 122 valence electrons. The van der Waals surface area contributed by atoms with Gasteiger partial charge in [-0.25, -0.2) is 4.79 Å². The van der Waals surface area contributed by atoms with Crippen LogP contribution in [0.5, 0.6) is 5.75 Å². The fraction of sp³-hybridized carbons (Fsp3) is 0.316. The molecular formula is C19H24N2O2. The summed E-state index contributed by atoms with van der Waals surface area (Å²) in [5, 5.41) is 5.71. The lowest BCUT2D eigenvalue weighted by molar-refractivity contribution is 0.247. The maximum Gasteiger partial charge on any atom is 0.319 e. The number of carbonyl (C=O) groups is 1. The van der Waals surface area contributed by atoms with Crippen molar-refractivity contribution in [3.63, 3.8) is 0 Å². The summed E-state index contributed by atoms with van der Waals surface area (Å²) in [6.07, 6.45) is 0. The Bertz CT molecular complexity index is 676. The lowest BCUT2D eigenvalue weighted by atomic mass is 10.1. The topological polar surface area (TPSA) is 50.4 Å². The van der Waals surface area contributed by atoms with Gasteiger partial charge in [0.05, 0.1) is 6.54 Å². The van der Waals surface area contributed by atoms with Gasteiger partial charge in [-0.1, -0.05) is 30.3 Å². The van der Waals surface area contributed by atoms with Crippen LogP contribution in [0, 0.1) is 27.7 Å². The maximum absolute atomic E-state index is 12.0. The predicted molar refractivity (Wildman–Crippen MR) is 94.3 cm³/mol. The van der Waals surface area contributed by atoms with Crippen molar-refractivity contribution < 1.29 is 9.53 Å².